The molecule has 1 aromatic carbocycles. The SMILES string of the molecule is Cc1ccc(C2C(C#N)=C(N)N(c3nnc(SCC(=O)Nc4ccccc4C)s3)C3=C2C(=O)CCC3)s1. The molecule has 3 heterocycles. The molecule has 8 nitrogen and oxygen atoms in total. The van der Waals surface area contributed by atoms with Gasteiger partial charge < -0.3 is 11.1 Å². The van der Waals surface area contributed by atoms with Gasteiger partial charge >= 0.3 is 0 Å². The van der Waals surface area contributed by atoms with Crippen LogP contribution in [0.5, 0.6) is 0 Å². The standard InChI is InChI=1S/C26H24N6O2S3/c1-14-6-3-4-7-17(14)29-21(34)13-35-26-31-30-25(37-26)32-18-8-5-9-19(33)23(18)22(16(12-27)24(32)28)20-11-10-15(2)36-20/h3-4,6-7,10-11,22H,5,8-9,13,28H2,1-2H3,(H,29,34). The molecule has 11 heteroatoms. The van der Waals surface area contributed by atoms with Crippen LogP contribution in [0, 0.1) is 25.2 Å². The largest absolute Gasteiger partial charge is 0.384 e. The van der Waals surface area contributed by atoms with E-state index in [1.807, 2.05) is 50.2 Å². The van der Waals surface area contributed by atoms with Gasteiger partial charge in [0.1, 0.15) is 5.82 Å². The molecule has 0 bridgehead atoms. The Labute approximate surface area is 226 Å². The first kappa shape index (κ1) is 25.2. The molecule has 2 aliphatic rings. The predicted octanol–water partition coefficient (Wildman–Crippen LogP) is 5.25. The summed E-state index contributed by atoms with van der Waals surface area (Å²) in [7, 11) is 0. The van der Waals surface area contributed by atoms with Crippen LogP contribution >= 0.6 is 34.4 Å². The number of carbonyl (C=O) groups excluding carboxylic acids is 2. The average Bonchev–Trinajstić information content (AvgIpc) is 3.52. The first-order valence-electron chi connectivity index (χ1n) is 11.7. The number of para-hydroxylation sites is 1. The molecule has 0 saturated heterocycles. The van der Waals surface area contributed by atoms with Gasteiger partial charge in [-0.15, -0.1) is 21.5 Å². The molecule has 0 saturated carbocycles. The summed E-state index contributed by atoms with van der Waals surface area (Å²) < 4.78 is 0.599. The summed E-state index contributed by atoms with van der Waals surface area (Å²) in [5.41, 5.74) is 10.1. The summed E-state index contributed by atoms with van der Waals surface area (Å²) >= 11 is 4.14. The highest BCUT2D eigenvalue weighted by atomic mass is 32.2. The summed E-state index contributed by atoms with van der Waals surface area (Å²) in [5, 5.41) is 22.1. The van der Waals surface area contributed by atoms with Gasteiger partial charge in [0.05, 0.1) is 23.3 Å². The Kier molecular flexibility index (Phi) is 7.15. The van der Waals surface area contributed by atoms with E-state index >= 15 is 0 Å². The van der Waals surface area contributed by atoms with Gasteiger partial charge in [0.25, 0.3) is 0 Å². The maximum Gasteiger partial charge on any atom is 0.234 e. The van der Waals surface area contributed by atoms with Crippen molar-refractivity contribution >= 4 is 56.9 Å². The molecule has 2 aromatic heterocycles. The molecule has 188 valence electrons. The highest BCUT2D eigenvalue weighted by molar-refractivity contribution is 8.01. The number of nitrogens with zero attached hydrogens (tertiary/aromatic N) is 4. The van der Waals surface area contributed by atoms with Crippen molar-refractivity contribution < 1.29 is 9.59 Å². The molecule has 1 atom stereocenters. The van der Waals surface area contributed by atoms with Crippen LogP contribution in [0.1, 0.15) is 40.5 Å². The Balaban J connectivity index is 1.42. The first-order chi connectivity index (χ1) is 17.9. The fourth-order valence-electron chi connectivity index (χ4n) is 4.58. The fraction of sp³-hybridized carbons (Fsp3) is 0.269. The van der Waals surface area contributed by atoms with Crippen LogP contribution in [-0.4, -0.2) is 27.6 Å². The summed E-state index contributed by atoms with van der Waals surface area (Å²) in [4.78, 5) is 29.4. The predicted molar refractivity (Wildman–Crippen MR) is 147 cm³/mol. The van der Waals surface area contributed by atoms with E-state index in [9.17, 15) is 14.9 Å². The van der Waals surface area contributed by atoms with Gasteiger partial charge in [0.15, 0.2) is 10.1 Å². The molecule has 3 aromatic rings. The number of rotatable bonds is 6. The minimum Gasteiger partial charge on any atom is -0.384 e. The Morgan fingerprint density at radius 2 is 2.03 bits per heavy atom. The zero-order valence-corrected chi connectivity index (χ0v) is 22.7. The van der Waals surface area contributed by atoms with Crippen LogP contribution in [0.2, 0.25) is 0 Å². The number of ketones is 1. The van der Waals surface area contributed by atoms with E-state index < -0.39 is 5.92 Å². The third-order valence-electron chi connectivity index (χ3n) is 6.29. The average molecular weight is 549 g/mol. The lowest BCUT2D eigenvalue weighted by atomic mass is 9.78. The lowest BCUT2D eigenvalue weighted by Gasteiger charge is -2.37. The molecule has 1 aliphatic carbocycles. The number of carbonyl (C=O) groups is 2. The van der Waals surface area contributed by atoms with Crippen LogP contribution in [0.3, 0.4) is 0 Å². The van der Waals surface area contributed by atoms with Gasteiger partial charge in [-0.05, 0) is 50.5 Å². The number of hydrogen-bond acceptors (Lipinski definition) is 10. The second-order valence-corrected chi connectivity index (χ2v) is 12.3. The molecule has 37 heavy (non-hydrogen) atoms. The first-order valence-corrected chi connectivity index (χ1v) is 14.3. The highest BCUT2D eigenvalue weighted by Crippen LogP contribution is 2.48. The molecule has 0 fully saturated rings. The number of thiophene rings is 1. The highest BCUT2D eigenvalue weighted by Gasteiger charge is 2.41. The molecular weight excluding hydrogens is 525 g/mol. The number of aromatic nitrogens is 2. The molecule has 3 N–H and O–H groups in total. The summed E-state index contributed by atoms with van der Waals surface area (Å²) in [6, 6.07) is 13.8. The number of anilines is 2. The number of amides is 1. The lowest BCUT2D eigenvalue weighted by molar-refractivity contribution is -0.116. The van der Waals surface area contributed by atoms with Gasteiger partial charge in [0, 0.05) is 33.1 Å². The van der Waals surface area contributed by atoms with Crippen molar-refractivity contribution in [2.24, 2.45) is 5.73 Å². The molecule has 1 amide bonds. The van der Waals surface area contributed by atoms with Crippen molar-refractivity contribution in [3.63, 3.8) is 0 Å². The maximum absolute atomic E-state index is 13.2. The molecule has 1 aliphatic heterocycles. The van der Waals surface area contributed by atoms with Crippen LogP contribution < -0.4 is 16.0 Å². The van der Waals surface area contributed by atoms with Crippen LogP contribution in [0.15, 0.2) is 63.4 Å². The second-order valence-electron chi connectivity index (χ2n) is 8.77. The minimum atomic E-state index is -0.463. The van der Waals surface area contributed by atoms with Gasteiger partial charge in [-0.2, -0.15) is 5.26 Å². The van der Waals surface area contributed by atoms with Gasteiger partial charge in [0.2, 0.25) is 11.0 Å². The maximum atomic E-state index is 13.2. The van der Waals surface area contributed by atoms with Crippen LogP contribution in [-0.2, 0) is 9.59 Å². The Hall–Kier alpha value is -3.46. The van der Waals surface area contributed by atoms with E-state index in [2.05, 4.69) is 21.6 Å². The molecular formula is C26H24N6O2S3. The third kappa shape index (κ3) is 4.92. The zero-order valence-electron chi connectivity index (χ0n) is 20.3. The van der Waals surface area contributed by atoms with E-state index in [1.165, 1.54) is 23.1 Å². The number of benzene rings is 1. The Morgan fingerprint density at radius 3 is 2.76 bits per heavy atom. The smallest absolute Gasteiger partial charge is 0.234 e. The Bertz CT molecular complexity index is 1500. The molecule has 0 spiro atoms. The normalized spacial score (nSPS) is 17.6. The number of aryl methyl sites for hydroxylation is 2. The monoisotopic (exact) mass is 548 g/mol. The second kappa shape index (κ2) is 10.5. The van der Waals surface area contributed by atoms with E-state index in [4.69, 9.17) is 5.73 Å². The van der Waals surface area contributed by atoms with E-state index in [-0.39, 0.29) is 23.3 Å². The van der Waals surface area contributed by atoms with Crippen molar-refractivity contribution in [1.82, 2.24) is 10.2 Å². The van der Waals surface area contributed by atoms with Crippen molar-refractivity contribution in [3.05, 3.63) is 74.4 Å². The van der Waals surface area contributed by atoms with Gasteiger partial charge in [-0.25, -0.2) is 0 Å². The van der Waals surface area contributed by atoms with Gasteiger partial charge in [-0.3, -0.25) is 14.5 Å². The lowest BCUT2D eigenvalue weighted by Crippen LogP contribution is -2.38. The number of nitrogens with one attached hydrogen (secondary N) is 1. The van der Waals surface area contributed by atoms with E-state index in [1.54, 1.807) is 16.2 Å². The topological polar surface area (TPSA) is 125 Å². The summed E-state index contributed by atoms with van der Waals surface area (Å²) in [5.74, 6) is -0.123. The number of nitriles is 1. The van der Waals surface area contributed by atoms with E-state index in [0.29, 0.717) is 39.9 Å². The quantitative estimate of drug-likeness (QED) is 0.400. The molecule has 5 rings (SSSR count). The number of allylic oxidation sites excluding steroid dienone is 3. The summed E-state index contributed by atoms with van der Waals surface area (Å²) in [6.45, 7) is 3.94. The minimum absolute atomic E-state index is 0.0366. The number of hydrogen-bond donors (Lipinski definition) is 2. The summed E-state index contributed by atoms with van der Waals surface area (Å²) in [6.07, 6.45) is 1.81. The number of Topliss-reactive ketones (excluding diaryl/α,β-unsaturated/α-hetero) is 1. The van der Waals surface area contributed by atoms with Crippen LogP contribution in [0.4, 0.5) is 10.8 Å². The van der Waals surface area contributed by atoms with Gasteiger partial charge in [-0.1, -0.05) is 41.3 Å². The Morgan fingerprint density at radius 1 is 1.22 bits per heavy atom. The van der Waals surface area contributed by atoms with Crippen molar-refractivity contribution in [2.45, 2.75) is 43.4 Å². The molecule has 0 radical (unpaired) electrons. The van der Waals surface area contributed by atoms with E-state index in [0.717, 1.165) is 26.7 Å². The van der Waals surface area contributed by atoms with Crippen LogP contribution in [0.25, 0.3) is 0 Å². The molecule has 1 unspecified atom stereocenters. The fourth-order valence-corrected chi connectivity index (χ4v) is 7.25. The van der Waals surface area contributed by atoms with Crippen molar-refractivity contribution in [1.29, 1.82) is 5.26 Å². The van der Waals surface area contributed by atoms with Crippen molar-refractivity contribution in [2.75, 3.05) is 16.0 Å². The van der Waals surface area contributed by atoms with Crippen molar-refractivity contribution in [3.8, 4) is 6.07 Å². The number of thioether (sulfide) groups is 1. The zero-order chi connectivity index (χ0) is 26.1. The number of nitrogens with two attached hydrogens (primary N) is 1. The third-order valence-corrected chi connectivity index (χ3v) is 9.40.